The lowest BCUT2D eigenvalue weighted by atomic mass is 9.99. The number of hydrogen-bond acceptors (Lipinski definition) is 7. The lowest BCUT2D eigenvalue weighted by Gasteiger charge is -2.39. The van der Waals surface area contributed by atoms with Gasteiger partial charge in [-0.25, -0.2) is 4.79 Å². The van der Waals surface area contributed by atoms with Gasteiger partial charge in [-0.1, -0.05) is 13.0 Å². The predicted molar refractivity (Wildman–Crippen MR) is 136 cm³/mol. The van der Waals surface area contributed by atoms with E-state index in [2.05, 4.69) is 5.32 Å². The van der Waals surface area contributed by atoms with Crippen LogP contribution in [0.15, 0.2) is 36.4 Å². The maximum atomic E-state index is 13.5. The molecule has 3 atom stereocenters. The van der Waals surface area contributed by atoms with E-state index in [-0.39, 0.29) is 43.8 Å². The number of para-hydroxylation sites is 1. The Morgan fingerprint density at radius 1 is 1.19 bits per heavy atom. The Morgan fingerprint density at radius 2 is 1.94 bits per heavy atom. The Bertz CT molecular complexity index is 1120. The first-order valence-corrected chi connectivity index (χ1v) is 12.0. The molecule has 0 radical (unpaired) electrons. The second-order valence-corrected chi connectivity index (χ2v) is 9.55. The number of likely N-dealkylation sites (N-methyl/N-ethyl adjacent to an activating group) is 1. The third-order valence-corrected chi connectivity index (χ3v) is 6.58. The molecule has 3 amide bonds. The fraction of sp³-hybridized carbons (Fsp3) is 0.462. The molecular formula is C26H34N4O6. The van der Waals surface area contributed by atoms with E-state index < -0.39 is 6.10 Å². The molecule has 0 bridgehead atoms. The normalized spacial score (nSPS) is 19.5. The number of rotatable bonds is 6. The molecule has 0 saturated carbocycles. The molecular weight excluding hydrogens is 464 g/mol. The van der Waals surface area contributed by atoms with Crippen molar-refractivity contribution in [1.29, 1.82) is 0 Å². The number of carbonyl (C=O) groups excluding carboxylic acids is 2. The van der Waals surface area contributed by atoms with Gasteiger partial charge in [0.2, 0.25) is 6.79 Å². The number of hydrogen-bond donors (Lipinski definition) is 2. The zero-order valence-corrected chi connectivity index (χ0v) is 21.4. The van der Waals surface area contributed by atoms with Crippen LogP contribution in [0.25, 0.3) is 0 Å². The van der Waals surface area contributed by atoms with Gasteiger partial charge in [0.15, 0.2) is 17.2 Å². The van der Waals surface area contributed by atoms with Crippen LogP contribution in [-0.2, 0) is 0 Å². The predicted octanol–water partition coefficient (Wildman–Crippen LogP) is 2.87. The van der Waals surface area contributed by atoms with Crippen molar-refractivity contribution in [3.63, 3.8) is 0 Å². The minimum absolute atomic E-state index is 0.118. The summed E-state index contributed by atoms with van der Waals surface area (Å²) >= 11 is 0. The van der Waals surface area contributed by atoms with E-state index in [1.165, 1.54) is 0 Å². The number of carbonyl (C=O) groups is 2. The van der Waals surface area contributed by atoms with Crippen LogP contribution in [0, 0.1) is 5.92 Å². The Balaban J connectivity index is 1.58. The van der Waals surface area contributed by atoms with Gasteiger partial charge in [0.05, 0.1) is 30.4 Å². The topological polar surface area (TPSA) is 104 Å². The molecule has 2 N–H and O–H groups in total. The number of urea groups is 1. The zero-order valence-electron chi connectivity index (χ0n) is 21.4. The van der Waals surface area contributed by atoms with Crippen LogP contribution in [0.4, 0.5) is 16.2 Å². The molecule has 10 heteroatoms. The van der Waals surface area contributed by atoms with Crippen molar-refractivity contribution in [1.82, 2.24) is 9.80 Å². The van der Waals surface area contributed by atoms with E-state index in [1.54, 1.807) is 41.1 Å². The number of amides is 3. The second-order valence-electron chi connectivity index (χ2n) is 9.55. The molecule has 4 rings (SSSR count). The highest BCUT2D eigenvalue weighted by molar-refractivity contribution is 5.99. The summed E-state index contributed by atoms with van der Waals surface area (Å²) in [6, 6.07) is 10.0. The summed E-state index contributed by atoms with van der Waals surface area (Å²) in [5, 5.41) is 12.7. The maximum absolute atomic E-state index is 13.5. The number of aliphatic hydroxyl groups is 1. The van der Waals surface area contributed by atoms with Crippen molar-refractivity contribution >= 4 is 23.3 Å². The van der Waals surface area contributed by atoms with Gasteiger partial charge in [-0.15, -0.1) is 0 Å². The zero-order chi connectivity index (χ0) is 26.0. The fourth-order valence-corrected chi connectivity index (χ4v) is 4.34. The summed E-state index contributed by atoms with van der Waals surface area (Å²) in [6.07, 6.45) is -0.404. The molecule has 0 aromatic heterocycles. The largest absolute Gasteiger partial charge is 0.485 e. The Morgan fingerprint density at radius 3 is 2.67 bits per heavy atom. The summed E-state index contributed by atoms with van der Waals surface area (Å²) < 4.78 is 17.2. The molecule has 2 aromatic carbocycles. The molecule has 2 heterocycles. The molecule has 2 aromatic rings. The van der Waals surface area contributed by atoms with Crippen molar-refractivity contribution in [2.24, 2.45) is 5.92 Å². The van der Waals surface area contributed by atoms with Crippen LogP contribution < -0.4 is 24.4 Å². The number of anilines is 2. The molecule has 0 saturated heterocycles. The molecule has 2 aliphatic rings. The van der Waals surface area contributed by atoms with E-state index >= 15 is 0 Å². The molecule has 2 aliphatic heterocycles. The van der Waals surface area contributed by atoms with Gasteiger partial charge in [0, 0.05) is 45.4 Å². The summed E-state index contributed by atoms with van der Waals surface area (Å²) in [6.45, 7) is 4.49. The minimum atomic E-state index is -0.404. The smallest absolute Gasteiger partial charge is 0.321 e. The molecule has 0 aliphatic carbocycles. The van der Waals surface area contributed by atoms with Crippen molar-refractivity contribution in [3.05, 3.63) is 42.0 Å². The first-order valence-electron chi connectivity index (χ1n) is 12.0. The quantitative estimate of drug-likeness (QED) is 0.631. The minimum Gasteiger partial charge on any atom is -0.485 e. The van der Waals surface area contributed by atoms with Gasteiger partial charge in [-0.05, 0) is 31.2 Å². The molecule has 0 unspecified atom stereocenters. The second kappa shape index (κ2) is 10.5. The van der Waals surface area contributed by atoms with Crippen LogP contribution >= 0.6 is 0 Å². The van der Waals surface area contributed by atoms with E-state index in [1.807, 2.05) is 45.0 Å². The highest BCUT2D eigenvalue weighted by Gasteiger charge is 2.35. The third kappa shape index (κ3) is 5.13. The molecule has 0 spiro atoms. The summed E-state index contributed by atoms with van der Waals surface area (Å²) in [7, 11) is 5.48. The first-order chi connectivity index (χ1) is 17.2. The van der Waals surface area contributed by atoms with Crippen LogP contribution in [0.5, 0.6) is 17.2 Å². The molecule has 0 fully saturated rings. The highest BCUT2D eigenvalue weighted by atomic mass is 16.7. The Kier molecular flexibility index (Phi) is 7.44. The van der Waals surface area contributed by atoms with Crippen LogP contribution in [0.1, 0.15) is 24.2 Å². The Hall–Kier alpha value is -3.66. The van der Waals surface area contributed by atoms with Crippen LogP contribution in [0.2, 0.25) is 0 Å². The van der Waals surface area contributed by atoms with E-state index in [0.29, 0.717) is 35.0 Å². The molecule has 194 valence electrons. The summed E-state index contributed by atoms with van der Waals surface area (Å²) in [5.41, 5.74) is 1.80. The van der Waals surface area contributed by atoms with Crippen LogP contribution in [-0.4, -0.2) is 86.6 Å². The summed E-state index contributed by atoms with van der Waals surface area (Å²) in [4.78, 5) is 31.6. The third-order valence-electron chi connectivity index (χ3n) is 6.58. The number of ether oxygens (including phenoxy) is 3. The Labute approximate surface area is 211 Å². The van der Waals surface area contributed by atoms with Crippen LogP contribution in [0.3, 0.4) is 0 Å². The van der Waals surface area contributed by atoms with E-state index in [4.69, 9.17) is 14.2 Å². The van der Waals surface area contributed by atoms with Crippen molar-refractivity contribution < 1.29 is 28.9 Å². The number of benzene rings is 2. The van der Waals surface area contributed by atoms with Gasteiger partial charge < -0.3 is 39.3 Å². The van der Waals surface area contributed by atoms with Crippen molar-refractivity contribution in [2.75, 3.05) is 57.8 Å². The average Bonchev–Trinajstić information content (AvgIpc) is 3.33. The van der Waals surface area contributed by atoms with Gasteiger partial charge >= 0.3 is 6.03 Å². The lowest BCUT2D eigenvalue weighted by Crippen LogP contribution is -2.50. The van der Waals surface area contributed by atoms with E-state index in [0.717, 1.165) is 5.69 Å². The number of fused-ring (bicyclic) bond motifs is 2. The molecule has 10 nitrogen and oxygen atoms in total. The average molecular weight is 499 g/mol. The molecule has 36 heavy (non-hydrogen) atoms. The SMILES string of the molecule is C[C@H]1CN([C@@H](C)CO)C(=O)c2cccc(N(C)C)c2O[C@H]1CN(C)C(=O)Nc1ccc2c(c1)OCO2. The summed E-state index contributed by atoms with van der Waals surface area (Å²) in [5.74, 6) is 1.40. The van der Waals surface area contributed by atoms with Crippen molar-refractivity contribution in [3.8, 4) is 17.2 Å². The standard InChI is InChI=1S/C26H34N4O6/c1-16-12-30(17(2)14-31)25(32)19-7-6-8-20(28(3)4)24(19)36-23(16)13-29(5)26(33)27-18-9-10-21-22(11-18)35-15-34-21/h6-11,16-17,23,31H,12-15H2,1-5H3,(H,27,33)/t16-,17-,23-/m0/s1. The van der Waals surface area contributed by atoms with Gasteiger partial charge in [-0.2, -0.15) is 0 Å². The lowest BCUT2D eigenvalue weighted by molar-refractivity contribution is 0.0372. The van der Waals surface area contributed by atoms with Gasteiger partial charge in [0.1, 0.15) is 6.10 Å². The van der Waals surface area contributed by atoms with Gasteiger partial charge in [-0.3, -0.25) is 4.79 Å². The highest BCUT2D eigenvalue weighted by Crippen LogP contribution is 2.36. The van der Waals surface area contributed by atoms with Crippen molar-refractivity contribution in [2.45, 2.75) is 26.0 Å². The number of aliphatic hydroxyl groups excluding tert-OH is 1. The number of nitrogens with one attached hydrogen (secondary N) is 1. The number of nitrogens with zero attached hydrogens (tertiary/aromatic N) is 3. The maximum Gasteiger partial charge on any atom is 0.321 e. The van der Waals surface area contributed by atoms with E-state index in [9.17, 15) is 14.7 Å². The fourth-order valence-electron chi connectivity index (χ4n) is 4.34. The first kappa shape index (κ1) is 25.4. The van der Waals surface area contributed by atoms with Gasteiger partial charge in [0.25, 0.3) is 5.91 Å². The monoisotopic (exact) mass is 498 g/mol.